The van der Waals surface area contributed by atoms with Crippen LogP contribution in [-0.4, -0.2) is 74.6 Å². The molecule has 2 aromatic carbocycles. The van der Waals surface area contributed by atoms with Gasteiger partial charge in [-0.05, 0) is 101 Å². The number of piperidine rings is 1. The number of aliphatic hydroxyl groups excluding tert-OH is 1. The van der Waals surface area contributed by atoms with E-state index in [0.717, 1.165) is 56.0 Å². The summed E-state index contributed by atoms with van der Waals surface area (Å²) in [5.74, 6) is 3.01. The number of methoxy groups -OCH3 is 1. The zero-order valence-corrected chi connectivity index (χ0v) is 25.4. The Balaban J connectivity index is 1.45. The average Bonchev–Trinajstić information content (AvgIpc) is 2.80. The molecule has 9 heteroatoms. The fraction of sp³-hybridized carbons (Fsp3) is 0.538. The molecule has 6 nitrogen and oxygen atoms in total. The minimum Gasteiger partial charge on any atom is -0.493 e. The normalized spacial score (nSPS) is 15.9. The van der Waals surface area contributed by atoms with E-state index in [1.807, 2.05) is 31.3 Å². The summed E-state index contributed by atoms with van der Waals surface area (Å²) in [4.78, 5) is 4.53. The first-order chi connectivity index (χ1) is 16.7. The Morgan fingerprint density at radius 3 is 2.40 bits per heavy atom. The molecule has 1 atom stereocenters. The van der Waals surface area contributed by atoms with Gasteiger partial charge in [0.2, 0.25) is 0 Å². The van der Waals surface area contributed by atoms with Crippen molar-refractivity contribution in [1.29, 1.82) is 0 Å². The maximum Gasteiger partial charge on any atom is 0.161 e. The maximum absolute atomic E-state index is 10.5. The molecule has 0 aromatic heterocycles. The fourth-order valence-corrected chi connectivity index (χ4v) is 6.62. The SMILES string of the molecule is COc1cc(CN(C)C[C@@H](O)COc2c(Br)cc(Br)cc2Br)ccc1OCCN1CCC(C)CC1. The van der Waals surface area contributed by atoms with E-state index in [-0.39, 0.29) is 6.61 Å². The quantitative estimate of drug-likeness (QED) is 0.299. The summed E-state index contributed by atoms with van der Waals surface area (Å²) in [6.07, 6.45) is 1.90. The largest absolute Gasteiger partial charge is 0.493 e. The lowest BCUT2D eigenvalue weighted by molar-refractivity contribution is 0.0738. The topological polar surface area (TPSA) is 54.4 Å². The number of likely N-dealkylation sites (tertiary alicyclic amines) is 1. The molecule has 1 N–H and O–H groups in total. The van der Waals surface area contributed by atoms with Gasteiger partial charge in [-0.25, -0.2) is 0 Å². The molecule has 0 saturated carbocycles. The van der Waals surface area contributed by atoms with E-state index in [9.17, 15) is 5.11 Å². The van der Waals surface area contributed by atoms with Crippen LogP contribution in [0.25, 0.3) is 0 Å². The van der Waals surface area contributed by atoms with Gasteiger partial charge >= 0.3 is 0 Å². The van der Waals surface area contributed by atoms with Gasteiger partial charge < -0.3 is 19.3 Å². The second-order valence-corrected chi connectivity index (χ2v) is 11.8. The van der Waals surface area contributed by atoms with Gasteiger partial charge in [0.1, 0.15) is 25.1 Å². The molecule has 0 unspecified atom stereocenters. The maximum atomic E-state index is 10.5. The molecular weight excluding hydrogens is 644 g/mol. The molecule has 1 saturated heterocycles. The number of ether oxygens (including phenoxy) is 3. The molecule has 194 valence electrons. The lowest BCUT2D eigenvalue weighted by Gasteiger charge is -2.30. The average molecular weight is 679 g/mol. The van der Waals surface area contributed by atoms with Crippen LogP contribution >= 0.6 is 47.8 Å². The Morgan fingerprint density at radius 1 is 1.06 bits per heavy atom. The summed E-state index contributed by atoms with van der Waals surface area (Å²) in [6.45, 7) is 7.56. The number of aliphatic hydroxyl groups is 1. The van der Waals surface area contributed by atoms with Crippen LogP contribution in [0, 0.1) is 5.92 Å². The first-order valence-corrected chi connectivity index (χ1v) is 14.3. The highest BCUT2D eigenvalue weighted by Crippen LogP contribution is 2.36. The van der Waals surface area contributed by atoms with Crippen LogP contribution in [0.5, 0.6) is 17.2 Å². The molecule has 1 aliphatic rings. The second kappa shape index (κ2) is 14.2. The number of likely N-dealkylation sites (N-methyl/N-ethyl adjacent to an activating group) is 1. The molecule has 2 aromatic rings. The number of hydrogen-bond donors (Lipinski definition) is 1. The monoisotopic (exact) mass is 676 g/mol. The summed E-state index contributed by atoms with van der Waals surface area (Å²) in [5.41, 5.74) is 1.09. The lowest BCUT2D eigenvalue weighted by atomic mass is 9.99. The Labute approximate surface area is 234 Å². The molecular formula is C26H35Br3N2O4. The molecule has 1 fully saturated rings. The molecule has 0 aliphatic carbocycles. The van der Waals surface area contributed by atoms with E-state index in [0.29, 0.717) is 25.4 Å². The molecule has 3 rings (SSSR count). The van der Waals surface area contributed by atoms with Gasteiger partial charge in [-0.3, -0.25) is 9.80 Å². The van der Waals surface area contributed by atoms with Crippen molar-refractivity contribution in [3.05, 3.63) is 49.3 Å². The third-order valence-corrected chi connectivity index (χ3v) is 7.76. The van der Waals surface area contributed by atoms with Crippen LogP contribution < -0.4 is 14.2 Å². The number of rotatable bonds is 12. The van der Waals surface area contributed by atoms with Gasteiger partial charge in [0, 0.05) is 24.1 Å². The Bertz CT molecular complexity index is 931. The van der Waals surface area contributed by atoms with Gasteiger partial charge in [0.15, 0.2) is 11.5 Å². The van der Waals surface area contributed by atoms with E-state index in [1.54, 1.807) is 7.11 Å². The molecule has 1 heterocycles. The van der Waals surface area contributed by atoms with Crippen molar-refractivity contribution in [2.45, 2.75) is 32.4 Å². The number of benzene rings is 2. The first kappa shape index (κ1) is 28.7. The van der Waals surface area contributed by atoms with E-state index in [2.05, 4.69) is 70.6 Å². The van der Waals surface area contributed by atoms with E-state index in [1.165, 1.54) is 12.8 Å². The van der Waals surface area contributed by atoms with Crippen molar-refractivity contribution in [2.75, 3.05) is 53.6 Å². The van der Waals surface area contributed by atoms with E-state index in [4.69, 9.17) is 14.2 Å². The number of nitrogens with zero attached hydrogens (tertiary/aromatic N) is 2. The lowest BCUT2D eigenvalue weighted by Crippen LogP contribution is -2.35. The third-order valence-electron chi connectivity index (χ3n) is 6.13. The van der Waals surface area contributed by atoms with Crippen molar-refractivity contribution < 1.29 is 19.3 Å². The molecule has 0 radical (unpaired) electrons. The minimum absolute atomic E-state index is 0.190. The summed E-state index contributed by atoms with van der Waals surface area (Å²) in [7, 11) is 3.65. The molecule has 0 bridgehead atoms. The Morgan fingerprint density at radius 2 is 1.74 bits per heavy atom. The summed E-state index contributed by atoms with van der Waals surface area (Å²) in [6, 6.07) is 9.85. The van der Waals surface area contributed by atoms with Gasteiger partial charge in [0.25, 0.3) is 0 Å². The van der Waals surface area contributed by atoms with E-state index < -0.39 is 6.10 Å². The fourth-order valence-electron chi connectivity index (χ4n) is 4.14. The van der Waals surface area contributed by atoms with Crippen LogP contribution in [0.2, 0.25) is 0 Å². The summed E-state index contributed by atoms with van der Waals surface area (Å²) < 4.78 is 20.0. The first-order valence-electron chi connectivity index (χ1n) is 11.9. The van der Waals surface area contributed by atoms with Crippen molar-refractivity contribution in [3.63, 3.8) is 0 Å². The van der Waals surface area contributed by atoms with Gasteiger partial charge in [0.05, 0.1) is 16.1 Å². The van der Waals surface area contributed by atoms with E-state index >= 15 is 0 Å². The van der Waals surface area contributed by atoms with Crippen molar-refractivity contribution in [3.8, 4) is 17.2 Å². The van der Waals surface area contributed by atoms with Gasteiger partial charge in [-0.2, -0.15) is 0 Å². The standard InChI is InChI=1S/C26H35Br3N2O4/c1-18-6-8-31(9-7-18)10-11-34-24-5-4-19(12-25(24)33-3)15-30(2)16-21(32)17-35-26-22(28)13-20(27)14-23(26)29/h4-5,12-14,18,21,32H,6-11,15-17H2,1-3H3/t21-/m1/s1. The summed E-state index contributed by atoms with van der Waals surface area (Å²) in [5, 5.41) is 10.5. The van der Waals surface area contributed by atoms with Crippen LogP contribution in [0.1, 0.15) is 25.3 Å². The Kier molecular flexibility index (Phi) is 11.6. The predicted octanol–water partition coefficient (Wildman–Crippen LogP) is 5.97. The zero-order chi connectivity index (χ0) is 25.4. The number of halogens is 3. The molecule has 0 amide bonds. The van der Waals surface area contributed by atoms with Gasteiger partial charge in [-0.1, -0.05) is 28.9 Å². The van der Waals surface area contributed by atoms with Crippen LogP contribution in [0.4, 0.5) is 0 Å². The molecule has 1 aliphatic heterocycles. The highest BCUT2D eigenvalue weighted by Gasteiger charge is 2.17. The molecule has 35 heavy (non-hydrogen) atoms. The minimum atomic E-state index is -0.635. The second-order valence-electron chi connectivity index (χ2n) is 9.22. The van der Waals surface area contributed by atoms with Crippen LogP contribution in [-0.2, 0) is 6.54 Å². The summed E-state index contributed by atoms with van der Waals surface area (Å²) >= 11 is 10.4. The van der Waals surface area contributed by atoms with Gasteiger partial charge in [-0.15, -0.1) is 0 Å². The zero-order valence-electron chi connectivity index (χ0n) is 20.6. The van der Waals surface area contributed by atoms with Crippen LogP contribution in [0.3, 0.4) is 0 Å². The highest BCUT2D eigenvalue weighted by atomic mass is 79.9. The number of hydrogen-bond acceptors (Lipinski definition) is 6. The smallest absolute Gasteiger partial charge is 0.161 e. The van der Waals surface area contributed by atoms with Crippen molar-refractivity contribution >= 4 is 47.8 Å². The predicted molar refractivity (Wildman–Crippen MR) is 151 cm³/mol. The molecule has 0 spiro atoms. The third kappa shape index (κ3) is 9.20. The van der Waals surface area contributed by atoms with Crippen LogP contribution in [0.15, 0.2) is 43.7 Å². The Hall–Kier alpha value is -0.840. The van der Waals surface area contributed by atoms with Crippen molar-refractivity contribution in [1.82, 2.24) is 9.80 Å². The highest BCUT2D eigenvalue weighted by molar-refractivity contribution is 9.11. The van der Waals surface area contributed by atoms with Crippen molar-refractivity contribution in [2.24, 2.45) is 5.92 Å².